The third kappa shape index (κ3) is 2.19. The molecule has 1 unspecified atom stereocenters. The van der Waals surface area contributed by atoms with Crippen molar-refractivity contribution >= 4 is 10.8 Å². The van der Waals surface area contributed by atoms with E-state index in [4.69, 9.17) is 0 Å². The monoisotopic (exact) mass is 374 g/mol. The standard InChI is InChI=1S/C25H17F3/c1-24(25(26,27)28)22-12-5-4-10-20(22)21-14-13-17(15-23(21)24)19-11-6-8-16-7-2-3-9-18(16)19/h2-15H,1H3. The maximum absolute atomic E-state index is 14.3. The van der Waals surface area contributed by atoms with Gasteiger partial charge >= 0.3 is 6.18 Å². The van der Waals surface area contributed by atoms with Gasteiger partial charge < -0.3 is 0 Å². The first-order valence-electron chi connectivity index (χ1n) is 9.20. The number of fused-ring (bicyclic) bond motifs is 4. The molecule has 1 atom stereocenters. The van der Waals surface area contributed by atoms with E-state index in [9.17, 15) is 13.2 Å². The van der Waals surface area contributed by atoms with Crippen LogP contribution in [0, 0.1) is 0 Å². The summed E-state index contributed by atoms with van der Waals surface area (Å²) in [6, 6.07) is 26.2. The molecule has 3 heteroatoms. The van der Waals surface area contributed by atoms with Crippen molar-refractivity contribution in [1.29, 1.82) is 0 Å². The van der Waals surface area contributed by atoms with E-state index in [0.717, 1.165) is 21.9 Å². The van der Waals surface area contributed by atoms with Gasteiger partial charge in [0.25, 0.3) is 0 Å². The number of hydrogen-bond acceptors (Lipinski definition) is 0. The van der Waals surface area contributed by atoms with Gasteiger partial charge in [-0.25, -0.2) is 0 Å². The lowest BCUT2D eigenvalue weighted by atomic mass is 9.78. The first-order chi connectivity index (χ1) is 13.4. The van der Waals surface area contributed by atoms with E-state index in [-0.39, 0.29) is 0 Å². The third-order valence-corrected chi connectivity index (χ3v) is 5.98. The molecule has 1 aliphatic carbocycles. The minimum Gasteiger partial charge on any atom is -0.170 e. The van der Waals surface area contributed by atoms with E-state index in [1.807, 2.05) is 54.6 Å². The molecule has 0 radical (unpaired) electrons. The maximum atomic E-state index is 14.3. The van der Waals surface area contributed by atoms with Crippen LogP contribution in [0.4, 0.5) is 13.2 Å². The summed E-state index contributed by atoms with van der Waals surface area (Å²) >= 11 is 0. The zero-order chi connectivity index (χ0) is 19.5. The highest BCUT2D eigenvalue weighted by molar-refractivity contribution is 5.97. The van der Waals surface area contributed by atoms with Gasteiger partial charge in [-0.1, -0.05) is 78.9 Å². The number of alkyl halides is 3. The normalized spacial score (nSPS) is 18.1. The fraction of sp³-hybridized carbons (Fsp3) is 0.120. The molecule has 0 amide bonds. The van der Waals surface area contributed by atoms with Crippen LogP contribution in [0.3, 0.4) is 0 Å². The Balaban J connectivity index is 1.80. The molecule has 0 N–H and O–H groups in total. The minimum atomic E-state index is -4.38. The summed E-state index contributed by atoms with van der Waals surface area (Å²) in [5.74, 6) is 0. The summed E-state index contributed by atoms with van der Waals surface area (Å²) < 4.78 is 42.9. The van der Waals surface area contributed by atoms with Crippen LogP contribution in [0.15, 0.2) is 84.9 Å². The molecule has 138 valence electrons. The molecule has 5 rings (SSSR count). The van der Waals surface area contributed by atoms with Gasteiger partial charge in [0.15, 0.2) is 0 Å². The smallest absolute Gasteiger partial charge is 0.170 e. The Bertz CT molecular complexity index is 1210. The highest BCUT2D eigenvalue weighted by Gasteiger charge is 2.58. The lowest BCUT2D eigenvalue weighted by molar-refractivity contribution is -0.172. The lowest BCUT2D eigenvalue weighted by Gasteiger charge is -2.30. The Morgan fingerprint density at radius 3 is 2.11 bits per heavy atom. The molecule has 0 spiro atoms. The Morgan fingerprint density at radius 2 is 1.29 bits per heavy atom. The van der Waals surface area contributed by atoms with E-state index in [1.54, 1.807) is 30.3 Å². The van der Waals surface area contributed by atoms with Crippen molar-refractivity contribution in [2.24, 2.45) is 0 Å². The van der Waals surface area contributed by atoms with E-state index < -0.39 is 11.6 Å². The van der Waals surface area contributed by atoms with Crippen LogP contribution in [-0.2, 0) is 5.41 Å². The summed E-state index contributed by atoms with van der Waals surface area (Å²) in [5, 5.41) is 2.11. The van der Waals surface area contributed by atoms with E-state index >= 15 is 0 Å². The van der Waals surface area contributed by atoms with Gasteiger partial charge in [0.05, 0.1) is 0 Å². The van der Waals surface area contributed by atoms with Gasteiger partial charge in [-0.15, -0.1) is 0 Å². The van der Waals surface area contributed by atoms with Gasteiger partial charge in [-0.2, -0.15) is 13.2 Å². The molecule has 0 saturated carbocycles. The second kappa shape index (κ2) is 5.71. The second-order valence-electron chi connectivity index (χ2n) is 7.46. The van der Waals surface area contributed by atoms with E-state index in [1.165, 1.54) is 6.92 Å². The van der Waals surface area contributed by atoms with Crippen LogP contribution in [-0.4, -0.2) is 6.18 Å². The molecule has 28 heavy (non-hydrogen) atoms. The SMILES string of the molecule is CC1(C(F)(F)F)c2ccccc2-c2ccc(-c3cccc4ccccc34)cc21. The maximum Gasteiger partial charge on any atom is 0.402 e. The first-order valence-corrected chi connectivity index (χ1v) is 9.20. The Labute approximate surface area is 161 Å². The molecular weight excluding hydrogens is 357 g/mol. The molecule has 1 aliphatic rings. The van der Waals surface area contributed by atoms with Crippen molar-refractivity contribution in [2.75, 3.05) is 0 Å². The number of benzene rings is 4. The topological polar surface area (TPSA) is 0 Å². The van der Waals surface area contributed by atoms with Gasteiger partial charge in [0.2, 0.25) is 0 Å². The number of rotatable bonds is 1. The first kappa shape index (κ1) is 17.1. The Kier molecular flexibility index (Phi) is 3.48. The summed E-state index contributed by atoms with van der Waals surface area (Å²) in [5.41, 5.74) is 1.72. The van der Waals surface area contributed by atoms with Crippen molar-refractivity contribution in [1.82, 2.24) is 0 Å². The highest BCUT2D eigenvalue weighted by atomic mass is 19.4. The fourth-order valence-electron chi connectivity index (χ4n) is 4.44. The Hall–Kier alpha value is -3.07. The summed E-state index contributed by atoms with van der Waals surface area (Å²) in [4.78, 5) is 0. The molecule has 0 bridgehead atoms. The molecule has 0 nitrogen and oxygen atoms in total. The van der Waals surface area contributed by atoms with E-state index in [0.29, 0.717) is 22.3 Å². The predicted octanol–water partition coefficient (Wildman–Crippen LogP) is 7.36. The van der Waals surface area contributed by atoms with Crippen molar-refractivity contribution in [3.63, 3.8) is 0 Å². The van der Waals surface area contributed by atoms with Crippen molar-refractivity contribution in [3.8, 4) is 22.3 Å². The average Bonchev–Trinajstić information content (AvgIpc) is 2.97. The van der Waals surface area contributed by atoms with Crippen LogP contribution in [0.2, 0.25) is 0 Å². The zero-order valence-corrected chi connectivity index (χ0v) is 15.2. The highest BCUT2D eigenvalue weighted by Crippen LogP contribution is 2.56. The zero-order valence-electron chi connectivity index (χ0n) is 15.2. The van der Waals surface area contributed by atoms with Gasteiger partial charge in [-0.05, 0) is 57.1 Å². The molecule has 0 heterocycles. The van der Waals surface area contributed by atoms with Crippen LogP contribution < -0.4 is 0 Å². The van der Waals surface area contributed by atoms with Gasteiger partial charge in [-0.3, -0.25) is 0 Å². The van der Waals surface area contributed by atoms with Crippen LogP contribution in [0.25, 0.3) is 33.0 Å². The van der Waals surface area contributed by atoms with Crippen molar-refractivity contribution < 1.29 is 13.2 Å². The van der Waals surface area contributed by atoms with Gasteiger partial charge in [0.1, 0.15) is 5.41 Å². The number of hydrogen-bond donors (Lipinski definition) is 0. The summed E-state index contributed by atoms with van der Waals surface area (Å²) in [6.07, 6.45) is -4.38. The summed E-state index contributed by atoms with van der Waals surface area (Å²) in [7, 11) is 0. The molecule has 4 aromatic carbocycles. The van der Waals surface area contributed by atoms with Crippen LogP contribution >= 0.6 is 0 Å². The molecule has 0 aliphatic heterocycles. The average molecular weight is 374 g/mol. The van der Waals surface area contributed by atoms with Crippen molar-refractivity contribution in [2.45, 2.75) is 18.5 Å². The van der Waals surface area contributed by atoms with Crippen LogP contribution in [0.1, 0.15) is 18.1 Å². The number of halogens is 3. The van der Waals surface area contributed by atoms with E-state index in [2.05, 4.69) is 0 Å². The molecule has 4 aromatic rings. The molecule has 0 fully saturated rings. The second-order valence-corrected chi connectivity index (χ2v) is 7.46. The molecular formula is C25H17F3. The fourth-order valence-corrected chi connectivity index (χ4v) is 4.44. The molecule has 0 saturated heterocycles. The minimum absolute atomic E-state index is 0.326. The lowest BCUT2D eigenvalue weighted by Crippen LogP contribution is -2.38. The van der Waals surface area contributed by atoms with Crippen molar-refractivity contribution in [3.05, 3.63) is 96.1 Å². The Morgan fingerprint density at radius 1 is 0.643 bits per heavy atom. The van der Waals surface area contributed by atoms with Crippen LogP contribution in [0.5, 0.6) is 0 Å². The van der Waals surface area contributed by atoms with Gasteiger partial charge in [0, 0.05) is 0 Å². The summed E-state index contributed by atoms with van der Waals surface area (Å²) in [6.45, 7) is 1.30. The quantitative estimate of drug-likeness (QED) is 0.327. The third-order valence-electron chi connectivity index (χ3n) is 5.98. The predicted molar refractivity (Wildman–Crippen MR) is 107 cm³/mol. The largest absolute Gasteiger partial charge is 0.402 e. The molecule has 0 aromatic heterocycles.